The van der Waals surface area contributed by atoms with Crippen LogP contribution in [-0.2, 0) is 16.0 Å². The van der Waals surface area contributed by atoms with Crippen molar-refractivity contribution < 1.29 is 9.59 Å². The number of thiazole rings is 2. The molecule has 2 aromatic carbocycles. The first kappa shape index (κ1) is 20.2. The number of fused-ring (bicyclic) bond motifs is 1. The summed E-state index contributed by atoms with van der Waals surface area (Å²) in [5.41, 5.74) is 3.47. The minimum Gasteiger partial charge on any atom is -0.326 e. The number of aryl methyl sites for hydroxylation is 1. The normalized spacial score (nSPS) is 10.8. The fourth-order valence-electron chi connectivity index (χ4n) is 3.00. The minimum atomic E-state index is -0.107. The molecule has 4 aromatic rings. The van der Waals surface area contributed by atoms with Crippen molar-refractivity contribution in [1.82, 2.24) is 9.97 Å². The van der Waals surface area contributed by atoms with Gasteiger partial charge >= 0.3 is 0 Å². The predicted molar refractivity (Wildman–Crippen MR) is 123 cm³/mol. The topological polar surface area (TPSA) is 84.0 Å². The van der Waals surface area contributed by atoms with Crippen molar-refractivity contribution in [2.45, 2.75) is 26.2 Å². The number of benzene rings is 2. The molecule has 152 valence electrons. The van der Waals surface area contributed by atoms with Gasteiger partial charge in [-0.05, 0) is 37.1 Å². The van der Waals surface area contributed by atoms with E-state index >= 15 is 0 Å². The Morgan fingerprint density at radius 3 is 2.57 bits per heavy atom. The zero-order valence-corrected chi connectivity index (χ0v) is 18.0. The Balaban J connectivity index is 1.28. The van der Waals surface area contributed by atoms with Gasteiger partial charge in [0.2, 0.25) is 11.8 Å². The van der Waals surface area contributed by atoms with Crippen LogP contribution in [0.5, 0.6) is 0 Å². The number of carbonyl (C=O) groups is 2. The lowest BCUT2D eigenvalue weighted by molar-refractivity contribution is -0.116. The second-order valence-corrected chi connectivity index (χ2v) is 8.75. The van der Waals surface area contributed by atoms with Crippen LogP contribution >= 0.6 is 22.7 Å². The number of nitrogens with one attached hydrogen (secondary N) is 2. The molecule has 2 amide bonds. The molecule has 8 heteroatoms. The van der Waals surface area contributed by atoms with Crippen LogP contribution in [0.4, 0.5) is 10.8 Å². The summed E-state index contributed by atoms with van der Waals surface area (Å²) in [6, 6.07) is 15.5. The summed E-state index contributed by atoms with van der Waals surface area (Å²) in [6.45, 7) is 1.47. The highest BCUT2D eigenvalue weighted by Crippen LogP contribution is 2.26. The quantitative estimate of drug-likeness (QED) is 0.410. The number of carbonyl (C=O) groups excluding carboxylic acids is 2. The van der Waals surface area contributed by atoms with Crippen LogP contribution in [0.15, 0.2) is 53.9 Å². The van der Waals surface area contributed by atoms with Crippen molar-refractivity contribution in [2.75, 3.05) is 10.6 Å². The fourth-order valence-corrected chi connectivity index (χ4v) is 4.75. The van der Waals surface area contributed by atoms with E-state index in [0.29, 0.717) is 11.6 Å². The van der Waals surface area contributed by atoms with Gasteiger partial charge in [0.15, 0.2) is 5.13 Å². The molecule has 6 nitrogen and oxygen atoms in total. The highest BCUT2D eigenvalue weighted by Gasteiger charge is 2.10. The van der Waals surface area contributed by atoms with Gasteiger partial charge in [-0.3, -0.25) is 9.59 Å². The number of para-hydroxylation sites is 1. The van der Waals surface area contributed by atoms with Gasteiger partial charge in [0, 0.05) is 30.0 Å². The summed E-state index contributed by atoms with van der Waals surface area (Å²) >= 11 is 3.08. The fraction of sp³-hybridized carbons (Fsp3) is 0.182. The Morgan fingerprint density at radius 1 is 1.00 bits per heavy atom. The monoisotopic (exact) mass is 436 g/mol. The van der Waals surface area contributed by atoms with E-state index in [1.807, 2.05) is 47.8 Å². The van der Waals surface area contributed by atoms with Gasteiger partial charge in [-0.1, -0.05) is 24.3 Å². The van der Waals surface area contributed by atoms with Crippen molar-refractivity contribution in [3.8, 4) is 11.3 Å². The molecule has 2 N–H and O–H groups in total. The number of rotatable bonds is 7. The second kappa shape index (κ2) is 9.15. The molecule has 0 aliphatic carbocycles. The van der Waals surface area contributed by atoms with Crippen LogP contribution in [-0.4, -0.2) is 21.8 Å². The van der Waals surface area contributed by atoms with Crippen LogP contribution in [0.25, 0.3) is 21.5 Å². The summed E-state index contributed by atoms with van der Waals surface area (Å²) in [5.74, 6) is -0.150. The van der Waals surface area contributed by atoms with Gasteiger partial charge in [0.25, 0.3) is 0 Å². The molecule has 0 spiro atoms. The smallest absolute Gasteiger partial charge is 0.226 e. The molecule has 2 aromatic heterocycles. The number of hydrogen-bond acceptors (Lipinski definition) is 6. The highest BCUT2D eigenvalue weighted by atomic mass is 32.1. The predicted octanol–water partition coefficient (Wildman–Crippen LogP) is 5.34. The van der Waals surface area contributed by atoms with Crippen molar-refractivity contribution >= 4 is 55.5 Å². The summed E-state index contributed by atoms with van der Waals surface area (Å²) in [4.78, 5) is 32.5. The maximum absolute atomic E-state index is 12.3. The Kier molecular flexibility index (Phi) is 6.15. The summed E-state index contributed by atoms with van der Waals surface area (Å²) < 4.78 is 1.18. The molecular weight excluding hydrogens is 416 g/mol. The molecule has 2 heterocycles. The molecule has 0 atom stereocenters. The molecule has 30 heavy (non-hydrogen) atoms. The van der Waals surface area contributed by atoms with E-state index in [2.05, 4.69) is 26.7 Å². The van der Waals surface area contributed by atoms with Crippen LogP contribution < -0.4 is 10.6 Å². The summed E-state index contributed by atoms with van der Waals surface area (Å²) in [6.07, 6.45) is 1.96. The van der Waals surface area contributed by atoms with Gasteiger partial charge in [-0.15, -0.1) is 22.7 Å². The third kappa shape index (κ3) is 5.08. The average molecular weight is 437 g/mol. The van der Waals surface area contributed by atoms with E-state index in [1.54, 1.807) is 11.3 Å². The lowest BCUT2D eigenvalue weighted by Gasteiger charge is -2.03. The maximum Gasteiger partial charge on any atom is 0.226 e. The SMILES string of the molecule is CC(=O)Nc1ccc(-c2csc(NC(=O)CCCc3nc4ccccc4s3)n2)cc1. The van der Waals surface area contributed by atoms with E-state index < -0.39 is 0 Å². The molecule has 0 saturated carbocycles. The van der Waals surface area contributed by atoms with Gasteiger partial charge in [-0.2, -0.15) is 0 Å². The van der Waals surface area contributed by atoms with Crippen LogP contribution in [0.2, 0.25) is 0 Å². The average Bonchev–Trinajstić information content (AvgIpc) is 3.34. The maximum atomic E-state index is 12.3. The van der Waals surface area contributed by atoms with Crippen molar-refractivity contribution in [3.63, 3.8) is 0 Å². The minimum absolute atomic E-state index is 0.0435. The van der Waals surface area contributed by atoms with Crippen LogP contribution in [0.3, 0.4) is 0 Å². The summed E-state index contributed by atoms with van der Waals surface area (Å²) in [5, 5.41) is 9.16. The number of nitrogens with zero attached hydrogens (tertiary/aromatic N) is 2. The Morgan fingerprint density at radius 2 is 1.80 bits per heavy atom. The molecule has 4 rings (SSSR count). The standard InChI is InChI=1S/C22H20N4O2S2/c1-14(27)23-16-11-9-15(10-12-16)18-13-29-22(25-18)26-20(28)7-4-8-21-24-17-5-2-3-6-19(17)30-21/h2-3,5-6,9-13H,4,7-8H2,1H3,(H,23,27)(H,25,26,28). The first-order valence-corrected chi connectivity index (χ1v) is 11.2. The third-order valence-corrected chi connectivity index (χ3v) is 6.24. The Hall–Kier alpha value is -3.10. The second-order valence-electron chi connectivity index (χ2n) is 6.77. The van der Waals surface area contributed by atoms with E-state index in [4.69, 9.17) is 0 Å². The largest absolute Gasteiger partial charge is 0.326 e. The number of amides is 2. The van der Waals surface area contributed by atoms with Crippen LogP contribution in [0, 0.1) is 0 Å². The van der Waals surface area contributed by atoms with Crippen molar-refractivity contribution in [3.05, 3.63) is 58.9 Å². The zero-order chi connectivity index (χ0) is 20.9. The van der Waals surface area contributed by atoms with Gasteiger partial charge in [0.1, 0.15) is 0 Å². The molecule has 0 aliphatic heterocycles. The number of anilines is 2. The summed E-state index contributed by atoms with van der Waals surface area (Å²) in [7, 11) is 0. The molecule has 0 saturated heterocycles. The lowest BCUT2D eigenvalue weighted by Crippen LogP contribution is -2.11. The molecule has 0 radical (unpaired) electrons. The van der Waals surface area contributed by atoms with Crippen molar-refractivity contribution in [2.24, 2.45) is 0 Å². The van der Waals surface area contributed by atoms with Crippen LogP contribution in [0.1, 0.15) is 24.8 Å². The molecule has 0 unspecified atom stereocenters. The molecule has 0 aliphatic rings. The van der Waals surface area contributed by atoms with Gasteiger partial charge in [-0.25, -0.2) is 9.97 Å². The molecular formula is C22H20N4O2S2. The number of hydrogen-bond donors (Lipinski definition) is 2. The van der Waals surface area contributed by atoms with E-state index in [1.165, 1.54) is 23.0 Å². The first-order valence-electron chi connectivity index (χ1n) is 9.55. The Labute approximate surface area is 182 Å². The zero-order valence-electron chi connectivity index (χ0n) is 16.3. The van der Waals surface area contributed by atoms with Gasteiger partial charge < -0.3 is 10.6 Å². The van der Waals surface area contributed by atoms with Gasteiger partial charge in [0.05, 0.1) is 20.9 Å². The first-order chi connectivity index (χ1) is 14.6. The van der Waals surface area contributed by atoms with E-state index in [0.717, 1.165) is 40.3 Å². The van der Waals surface area contributed by atoms with E-state index in [9.17, 15) is 9.59 Å². The Bertz CT molecular complexity index is 1150. The number of aromatic nitrogens is 2. The van der Waals surface area contributed by atoms with E-state index in [-0.39, 0.29) is 11.8 Å². The third-order valence-electron chi connectivity index (χ3n) is 4.38. The molecule has 0 bridgehead atoms. The highest BCUT2D eigenvalue weighted by molar-refractivity contribution is 7.18. The lowest BCUT2D eigenvalue weighted by atomic mass is 10.1. The van der Waals surface area contributed by atoms with Crippen molar-refractivity contribution in [1.29, 1.82) is 0 Å². The molecule has 0 fully saturated rings.